The summed E-state index contributed by atoms with van der Waals surface area (Å²) in [5.74, 6) is 0. The molecule has 176 valence electrons. The zero-order valence-electron chi connectivity index (χ0n) is 18.0. The van der Waals surface area contributed by atoms with Gasteiger partial charge in [0.25, 0.3) is 0 Å². The molecule has 0 aromatic heterocycles. The Morgan fingerprint density at radius 1 is 0.571 bits per heavy atom. The number of hydrogen-bond acceptors (Lipinski definition) is 6. The molecule has 0 bridgehead atoms. The third-order valence-electron chi connectivity index (χ3n) is 4.19. The fourth-order valence-electron chi connectivity index (χ4n) is 2.73. The molecule has 0 aliphatic heterocycles. The van der Waals surface area contributed by atoms with E-state index in [9.17, 15) is 9.13 Å². The molecule has 0 aliphatic rings. The largest absolute Gasteiger partial charge is 0.396 e. The monoisotopic (exact) mass is 450 g/mol. The first-order valence-electron chi connectivity index (χ1n) is 10.3. The van der Waals surface area contributed by atoms with Crippen LogP contribution in [0.4, 0.5) is 0 Å². The van der Waals surface area contributed by atoms with Crippen molar-refractivity contribution in [3.63, 3.8) is 0 Å². The van der Waals surface area contributed by atoms with Gasteiger partial charge in [0.05, 0.1) is 0 Å². The van der Waals surface area contributed by atoms with E-state index in [0.717, 1.165) is 6.42 Å². The zero-order valence-corrected chi connectivity index (χ0v) is 20.0. The van der Waals surface area contributed by atoms with E-state index in [4.69, 9.17) is 14.9 Å². The van der Waals surface area contributed by atoms with Gasteiger partial charge in [-0.05, 0) is 6.42 Å². The molecule has 9 N–H and O–H groups in total. The van der Waals surface area contributed by atoms with E-state index in [-0.39, 0.29) is 12.3 Å². The molecule has 2 atom stereocenters. The highest BCUT2D eigenvalue weighted by Crippen LogP contribution is 2.30. The average Bonchev–Trinajstić information content (AvgIpc) is 2.58. The molecule has 10 heteroatoms. The molecule has 0 amide bonds. The highest BCUT2D eigenvalue weighted by Gasteiger charge is 1.94. The molecule has 0 aromatic carbocycles. The van der Waals surface area contributed by atoms with Crippen molar-refractivity contribution < 1.29 is 28.3 Å². The Labute approximate surface area is 173 Å². The van der Waals surface area contributed by atoms with Gasteiger partial charge in [-0.1, -0.05) is 103 Å². The molecule has 8 nitrogen and oxygen atoms in total. The van der Waals surface area contributed by atoms with Gasteiger partial charge in [0.15, 0.2) is 0 Å². The van der Waals surface area contributed by atoms with Gasteiger partial charge < -0.3 is 27.2 Å². The van der Waals surface area contributed by atoms with E-state index in [1.165, 1.54) is 96.3 Å². The zero-order chi connectivity index (χ0) is 19.9. The van der Waals surface area contributed by atoms with Crippen LogP contribution in [0.1, 0.15) is 110 Å². The molecule has 0 spiro atoms. The highest BCUT2D eigenvalue weighted by atomic mass is 31.2. The predicted molar refractivity (Wildman–Crippen MR) is 120 cm³/mol. The fourth-order valence-corrected chi connectivity index (χ4v) is 3.33. The van der Waals surface area contributed by atoms with Gasteiger partial charge in [-0.15, -0.1) is 0 Å². The van der Waals surface area contributed by atoms with Crippen LogP contribution in [-0.2, 0) is 13.4 Å². The summed E-state index contributed by atoms with van der Waals surface area (Å²) in [6.07, 6.45) is 22.2. The van der Waals surface area contributed by atoms with Crippen molar-refractivity contribution in [3.05, 3.63) is 0 Å². The lowest BCUT2D eigenvalue weighted by Gasteiger charge is -2.03. The van der Waals surface area contributed by atoms with E-state index < -0.39 is 16.5 Å². The predicted octanol–water partition coefficient (Wildman–Crippen LogP) is 6.33. The number of unbranched alkanes of at least 4 members (excludes halogenated alkanes) is 15. The van der Waals surface area contributed by atoms with Crippen LogP contribution in [0.5, 0.6) is 0 Å². The molecular weight excluding hydrogens is 402 g/mol. The van der Waals surface area contributed by atoms with E-state index in [0.29, 0.717) is 6.61 Å². The summed E-state index contributed by atoms with van der Waals surface area (Å²) in [5, 5.41) is 8.67. The highest BCUT2D eigenvalue weighted by molar-refractivity contribution is 7.46. The van der Waals surface area contributed by atoms with Crippen molar-refractivity contribution in [2.45, 2.75) is 110 Å². The van der Waals surface area contributed by atoms with Crippen LogP contribution in [0.15, 0.2) is 0 Å². The normalized spacial score (nSPS) is 12.1. The summed E-state index contributed by atoms with van der Waals surface area (Å²) in [4.78, 5) is 15.4. The lowest BCUT2D eigenvalue weighted by Crippen LogP contribution is -1.85. The Morgan fingerprint density at radius 2 is 0.821 bits per heavy atom. The molecule has 0 rings (SSSR count). The van der Waals surface area contributed by atoms with Gasteiger partial charge in [-0.25, -0.2) is 4.31 Å². The lowest BCUT2D eigenvalue weighted by molar-refractivity contribution is 0.282. The van der Waals surface area contributed by atoms with Crippen LogP contribution in [0.3, 0.4) is 0 Å². The summed E-state index contributed by atoms with van der Waals surface area (Å²) >= 11 is 0. The molecule has 0 aliphatic carbocycles. The Bertz CT molecular complexity index is 298. The summed E-state index contributed by atoms with van der Waals surface area (Å²) < 4.78 is 22.3. The lowest BCUT2D eigenvalue weighted by atomic mass is 10.0. The molecule has 28 heavy (non-hydrogen) atoms. The number of aliphatic hydroxyl groups excluding tert-OH is 1. The van der Waals surface area contributed by atoms with Crippen molar-refractivity contribution in [2.75, 3.05) is 6.61 Å². The Kier molecular flexibility index (Phi) is 40.6. The minimum absolute atomic E-state index is 0. The summed E-state index contributed by atoms with van der Waals surface area (Å²) in [6, 6.07) is 0. The molecule has 0 heterocycles. The minimum atomic E-state index is -3.20. The van der Waals surface area contributed by atoms with E-state index in [2.05, 4.69) is 11.2 Å². The van der Waals surface area contributed by atoms with E-state index in [1.807, 2.05) is 0 Å². The molecule has 2 unspecified atom stereocenters. The molecule has 0 aromatic rings. The summed E-state index contributed by atoms with van der Waals surface area (Å²) in [7, 11) is -6.40. The second-order valence-electron chi connectivity index (χ2n) is 6.66. The van der Waals surface area contributed by atoms with Crippen LogP contribution in [0, 0.1) is 0 Å². The maximum absolute atomic E-state index is 9.44. The van der Waals surface area contributed by atoms with Crippen molar-refractivity contribution in [1.82, 2.24) is 12.3 Å². The fraction of sp³-hybridized carbons (Fsp3) is 1.00. The number of rotatable bonds is 18. The van der Waals surface area contributed by atoms with Crippen molar-refractivity contribution in [2.24, 2.45) is 0 Å². The third kappa shape index (κ3) is 40.8. The first-order chi connectivity index (χ1) is 12.5. The summed E-state index contributed by atoms with van der Waals surface area (Å²) in [6.45, 7) is 2.66. The second-order valence-corrected chi connectivity index (χ2v) is 8.54. The number of aliphatic hydroxyl groups is 1. The molecule has 0 saturated carbocycles. The van der Waals surface area contributed by atoms with Crippen LogP contribution < -0.4 is 12.3 Å². The standard InChI is InChI=1S/C18H38O.2H3N.H4O5P2/c1-2-3-4-5-6-7-8-9-10-11-12-13-14-15-16-17-18-19;;;1-6(2)5-7(3)4/h19H,2-18H2,1H3;2*1H3;6-7H,(H,1,2)(H,3,4). The van der Waals surface area contributed by atoms with Crippen LogP contribution in [0.2, 0.25) is 0 Å². The van der Waals surface area contributed by atoms with Crippen LogP contribution in [-0.4, -0.2) is 21.5 Å². The van der Waals surface area contributed by atoms with Crippen molar-refractivity contribution in [1.29, 1.82) is 0 Å². The first-order valence-corrected chi connectivity index (χ1v) is 12.8. The Balaban J connectivity index is -0.000000274. The van der Waals surface area contributed by atoms with Gasteiger partial charge in [-0.2, -0.15) is 0 Å². The van der Waals surface area contributed by atoms with Gasteiger partial charge in [0.1, 0.15) is 0 Å². The topological polar surface area (TPSA) is 174 Å². The van der Waals surface area contributed by atoms with E-state index in [1.54, 1.807) is 0 Å². The Hall–Kier alpha value is 0.220. The van der Waals surface area contributed by atoms with E-state index >= 15 is 0 Å². The van der Waals surface area contributed by atoms with Gasteiger partial charge >= 0.3 is 16.5 Å². The number of hydrogen-bond donors (Lipinski definition) is 5. The second kappa shape index (κ2) is 31.9. The maximum atomic E-state index is 9.44. The van der Waals surface area contributed by atoms with Gasteiger partial charge in [0, 0.05) is 6.61 Å². The quantitative estimate of drug-likeness (QED) is 0.119. The van der Waals surface area contributed by atoms with Crippen LogP contribution in [0.25, 0.3) is 0 Å². The van der Waals surface area contributed by atoms with Gasteiger partial charge in [0.2, 0.25) is 0 Å². The average molecular weight is 451 g/mol. The molecule has 0 radical (unpaired) electrons. The van der Waals surface area contributed by atoms with Crippen molar-refractivity contribution in [3.8, 4) is 0 Å². The molecule has 0 saturated heterocycles. The smallest absolute Gasteiger partial charge is 0.323 e. The minimum Gasteiger partial charge on any atom is -0.396 e. The van der Waals surface area contributed by atoms with Crippen molar-refractivity contribution >= 4 is 16.5 Å². The van der Waals surface area contributed by atoms with Gasteiger partial charge in [-0.3, -0.25) is 9.13 Å². The molecule has 0 fully saturated rings. The van der Waals surface area contributed by atoms with Crippen LogP contribution >= 0.6 is 16.5 Å². The Morgan fingerprint density at radius 3 is 1.00 bits per heavy atom. The SMILES string of the molecule is CCCCCCCCCCCCCCCCCCO.N.N.O=[PH](O)O[PH](=O)O. The molecular formula is C18H48N2O6P2. The maximum Gasteiger partial charge on any atom is 0.323 e. The first kappa shape index (κ1) is 35.6. The third-order valence-corrected chi connectivity index (χ3v) is 5.58. The summed E-state index contributed by atoms with van der Waals surface area (Å²) in [5.41, 5.74) is 0.